The first-order valence-corrected chi connectivity index (χ1v) is 9.24. The highest BCUT2D eigenvalue weighted by Crippen LogP contribution is 2.28. The summed E-state index contributed by atoms with van der Waals surface area (Å²) in [5, 5.41) is 0.263. The summed E-state index contributed by atoms with van der Waals surface area (Å²) in [6, 6.07) is 13.8. The Bertz CT molecular complexity index is 765. The van der Waals surface area contributed by atoms with Gasteiger partial charge in [-0.1, -0.05) is 29.8 Å². The van der Waals surface area contributed by atoms with Gasteiger partial charge in [-0.2, -0.15) is 0 Å². The number of halogens is 1. The zero-order chi connectivity index (χ0) is 17.6. The van der Waals surface area contributed by atoms with Crippen LogP contribution in [-0.4, -0.2) is 40.0 Å². The van der Waals surface area contributed by atoms with Crippen LogP contribution in [0.3, 0.4) is 0 Å². The van der Waals surface area contributed by atoms with Crippen molar-refractivity contribution >= 4 is 21.6 Å². The highest BCUT2D eigenvalue weighted by molar-refractivity contribution is 7.89. The van der Waals surface area contributed by atoms with E-state index >= 15 is 0 Å². The fraction of sp³-hybridized carbons (Fsp3) is 0.294. The molecule has 7 heteroatoms. The quantitative estimate of drug-likeness (QED) is 0.669. The number of hydrogen-bond acceptors (Lipinski definition) is 4. The normalized spacial score (nSPS) is 11.5. The zero-order valence-corrected chi connectivity index (χ0v) is 15.2. The van der Waals surface area contributed by atoms with E-state index in [1.807, 2.05) is 30.3 Å². The lowest BCUT2D eigenvalue weighted by Gasteiger charge is -2.18. The largest absolute Gasteiger partial charge is 0.495 e. The molecule has 0 spiro atoms. The first-order chi connectivity index (χ1) is 11.4. The van der Waals surface area contributed by atoms with Crippen LogP contribution in [0.2, 0.25) is 5.02 Å². The van der Waals surface area contributed by atoms with E-state index in [2.05, 4.69) is 0 Å². The average molecular weight is 370 g/mol. The van der Waals surface area contributed by atoms with Crippen LogP contribution in [-0.2, 0) is 10.0 Å². The molecule has 0 fully saturated rings. The maximum atomic E-state index is 12.5. The third-order valence-electron chi connectivity index (χ3n) is 3.46. The summed E-state index contributed by atoms with van der Waals surface area (Å²) in [5.74, 6) is 1.21. The first kappa shape index (κ1) is 18.6. The SMILES string of the molecule is COc1ccc(S(=O)(=O)N(C)CCCOc2ccccc2)cc1Cl. The second-order valence-electron chi connectivity index (χ2n) is 5.14. The van der Waals surface area contributed by atoms with Crippen molar-refractivity contribution in [3.8, 4) is 11.5 Å². The fourth-order valence-corrected chi connectivity index (χ4v) is 3.66. The van der Waals surface area contributed by atoms with Gasteiger partial charge in [-0.25, -0.2) is 12.7 Å². The maximum absolute atomic E-state index is 12.5. The van der Waals surface area contributed by atoms with E-state index in [-0.39, 0.29) is 9.92 Å². The molecule has 0 radical (unpaired) electrons. The van der Waals surface area contributed by atoms with Crippen LogP contribution < -0.4 is 9.47 Å². The molecule has 5 nitrogen and oxygen atoms in total. The Balaban J connectivity index is 1.93. The molecule has 0 N–H and O–H groups in total. The Kier molecular flexibility index (Phi) is 6.48. The summed E-state index contributed by atoms with van der Waals surface area (Å²) < 4.78 is 37.0. The first-order valence-electron chi connectivity index (χ1n) is 7.43. The van der Waals surface area contributed by atoms with E-state index in [1.165, 1.54) is 30.6 Å². The van der Waals surface area contributed by atoms with Gasteiger partial charge in [0.05, 0.1) is 23.6 Å². The fourth-order valence-electron chi connectivity index (χ4n) is 2.10. The van der Waals surface area contributed by atoms with Crippen molar-refractivity contribution in [3.63, 3.8) is 0 Å². The van der Waals surface area contributed by atoms with Crippen molar-refractivity contribution in [2.24, 2.45) is 0 Å². The van der Waals surface area contributed by atoms with Crippen molar-refractivity contribution in [1.29, 1.82) is 0 Å². The number of para-hydroxylation sites is 1. The van der Waals surface area contributed by atoms with E-state index in [4.69, 9.17) is 21.1 Å². The number of sulfonamides is 1. The van der Waals surface area contributed by atoms with Crippen LogP contribution in [0.15, 0.2) is 53.4 Å². The molecule has 0 heterocycles. The van der Waals surface area contributed by atoms with E-state index in [1.54, 1.807) is 6.07 Å². The van der Waals surface area contributed by atoms with Gasteiger partial charge in [0.2, 0.25) is 10.0 Å². The monoisotopic (exact) mass is 369 g/mol. The number of nitrogens with zero attached hydrogens (tertiary/aromatic N) is 1. The number of rotatable bonds is 8. The van der Waals surface area contributed by atoms with Gasteiger partial charge in [0.25, 0.3) is 0 Å². The summed E-state index contributed by atoms with van der Waals surface area (Å²) in [7, 11) is -0.576. The van der Waals surface area contributed by atoms with Crippen LogP contribution >= 0.6 is 11.6 Å². The van der Waals surface area contributed by atoms with Crippen LogP contribution in [0.1, 0.15) is 6.42 Å². The molecule has 130 valence electrons. The minimum Gasteiger partial charge on any atom is -0.495 e. The van der Waals surface area contributed by atoms with Crippen molar-refractivity contribution in [3.05, 3.63) is 53.6 Å². The van der Waals surface area contributed by atoms with Gasteiger partial charge < -0.3 is 9.47 Å². The number of ether oxygens (including phenoxy) is 2. The van der Waals surface area contributed by atoms with Gasteiger partial charge in [-0.05, 0) is 36.8 Å². The van der Waals surface area contributed by atoms with Gasteiger partial charge in [0, 0.05) is 13.6 Å². The zero-order valence-electron chi connectivity index (χ0n) is 13.6. The smallest absolute Gasteiger partial charge is 0.242 e. The summed E-state index contributed by atoms with van der Waals surface area (Å²) in [4.78, 5) is 0.139. The molecule has 0 unspecified atom stereocenters. The van der Waals surface area contributed by atoms with E-state index in [0.29, 0.717) is 25.3 Å². The van der Waals surface area contributed by atoms with Crippen LogP contribution in [0, 0.1) is 0 Å². The Labute approximate surface area is 147 Å². The minimum atomic E-state index is -3.59. The summed E-state index contributed by atoms with van der Waals surface area (Å²) >= 11 is 6.01. The lowest BCUT2D eigenvalue weighted by molar-refractivity contribution is 0.296. The minimum absolute atomic E-state index is 0.139. The van der Waals surface area contributed by atoms with Crippen molar-refractivity contribution in [2.75, 3.05) is 27.3 Å². The standard InChI is InChI=1S/C17H20ClNO4S/c1-19(11-6-12-23-14-7-4-3-5-8-14)24(20,21)15-9-10-17(22-2)16(18)13-15/h3-5,7-10,13H,6,11-12H2,1-2H3. The van der Waals surface area contributed by atoms with E-state index < -0.39 is 10.0 Å². The van der Waals surface area contributed by atoms with Crippen LogP contribution in [0.5, 0.6) is 11.5 Å². The highest BCUT2D eigenvalue weighted by atomic mass is 35.5. The second kappa shape index (κ2) is 8.37. The molecule has 2 aromatic carbocycles. The van der Waals surface area contributed by atoms with Crippen LogP contribution in [0.4, 0.5) is 0 Å². The van der Waals surface area contributed by atoms with E-state index in [0.717, 1.165) is 5.75 Å². The molecular formula is C17H20ClNO4S. The van der Waals surface area contributed by atoms with Crippen molar-refractivity contribution in [2.45, 2.75) is 11.3 Å². The molecule has 2 rings (SSSR count). The van der Waals surface area contributed by atoms with Crippen LogP contribution in [0.25, 0.3) is 0 Å². The lowest BCUT2D eigenvalue weighted by atomic mass is 10.3. The molecular weight excluding hydrogens is 350 g/mol. The molecule has 0 aliphatic rings. The third-order valence-corrected chi connectivity index (χ3v) is 5.61. The summed E-state index contributed by atoms with van der Waals surface area (Å²) in [6.45, 7) is 0.784. The van der Waals surface area contributed by atoms with Gasteiger partial charge in [0.1, 0.15) is 11.5 Å². The highest BCUT2D eigenvalue weighted by Gasteiger charge is 2.21. The molecule has 0 saturated heterocycles. The Morgan fingerprint density at radius 3 is 2.46 bits per heavy atom. The van der Waals surface area contributed by atoms with Gasteiger partial charge in [-0.3, -0.25) is 0 Å². The molecule has 0 saturated carbocycles. The van der Waals surface area contributed by atoms with E-state index in [9.17, 15) is 8.42 Å². The molecule has 0 atom stereocenters. The Morgan fingerprint density at radius 1 is 1.12 bits per heavy atom. The summed E-state index contributed by atoms with van der Waals surface area (Å²) in [5.41, 5.74) is 0. The van der Waals surface area contributed by atoms with Gasteiger partial charge >= 0.3 is 0 Å². The third kappa shape index (κ3) is 4.63. The number of hydrogen-bond donors (Lipinski definition) is 0. The van der Waals surface area contributed by atoms with Gasteiger partial charge in [0.15, 0.2) is 0 Å². The molecule has 0 aliphatic heterocycles. The number of benzene rings is 2. The topological polar surface area (TPSA) is 55.8 Å². The number of methoxy groups -OCH3 is 1. The molecule has 24 heavy (non-hydrogen) atoms. The maximum Gasteiger partial charge on any atom is 0.242 e. The Hall–Kier alpha value is -1.76. The van der Waals surface area contributed by atoms with Gasteiger partial charge in [-0.15, -0.1) is 0 Å². The Morgan fingerprint density at radius 2 is 1.83 bits per heavy atom. The molecule has 0 bridgehead atoms. The van der Waals surface area contributed by atoms with Crippen molar-refractivity contribution in [1.82, 2.24) is 4.31 Å². The molecule has 2 aromatic rings. The molecule has 0 aromatic heterocycles. The average Bonchev–Trinajstić information content (AvgIpc) is 2.59. The predicted molar refractivity (Wildman–Crippen MR) is 94.4 cm³/mol. The molecule has 0 aliphatic carbocycles. The van der Waals surface area contributed by atoms with Crippen molar-refractivity contribution < 1.29 is 17.9 Å². The molecule has 0 amide bonds. The second-order valence-corrected chi connectivity index (χ2v) is 7.59. The lowest BCUT2D eigenvalue weighted by Crippen LogP contribution is -2.28. The summed E-state index contributed by atoms with van der Waals surface area (Å²) in [6.07, 6.45) is 0.578. The predicted octanol–water partition coefficient (Wildman–Crippen LogP) is 3.44.